The second-order valence-corrected chi connectivity index (χ2v) is 7.26. The van der Waals surface area contributed by atoms with Crippen LogP contribution in [0.3, 0.4) is 0 Å². The van der Waals surface area contributed by atoms with Crippen LogP contribution in [0.25, 0.3) is 0 Å². The molecule has 3 N–H and O–H groups in total. The van der Waals surface area contributed by atoms with Gasteiger partial charge in [0, 0.05) is 20.9 Å². The molecule has 1 aliphatic rings. The van der Waals surface area contributed by atoms with E-state index in [-0.39, 0.29) is 11.9 Å². The highest BCUT2D eigenvalue weighted by Crippen LogP contribution is 2.32. The summed E-state index contributed by atoms with van der Waals surface area (Å²) in [6.45, 7) is 1.84. The highest BCUT2D eigenvalue weighted by molar-refractivity contribution is 9.10. The first-order valence-corrected chi connectivity index (χ1v) is 9.13. The minimum Gasteiger partial charge on any atom is -0.351 e. The summed E-state index contributed by atoms with van der Waals surface area (Å²) in [5.74, 6) is -0.219. The highest BCUT2D eigenvalue weighted by atomic mass is 79.9. The van der Waals surface area contributed by atoms with Crippen LogP contribution in [-0.4, -0.2) is 11.0 Å². The number of halogens is 2. The summed E-state index contributed by atoms with van der Waals surface area (Å²) >= 11 is 14.8. The monoisotopic (exact) mass is 435 g/mol. The number of benzene rings is 2. The van der Waals surface area contributed by atoms with Crippen LogP contribution < -0.4 is 16.0 Å². The normalized spacial score (nSPS) is 16.9. The number of carbonyl (C=O) groups is 1. The molecule has 1 amide bonds. The van der Waals surface area contributed by atoms with Crippen LogP contribution >= 0.6 is 39.7 Å². The molecule has 25 heavy (non-hydrogen) atoms. The third kappa shape index (κ3) is 4.03. The van der Waals surface area contributed by atoms with E-state index in [2.05, 4.69) is 31.9 Å². The molecule has 0 saturated heterocycles. The lowest BCUT2D eigenvalue weighted by Crippen LogP contribution is -2.45. The Hall–Kier alpha value is -1.89. The molecule has 4 nitrogen and oxygen atoms in total. The van der Waals surface area contributed by atoms with Gasteiger partial charge in [0.25, 0.3) is 5.91 Å². The molecule has 2 aromatic rings. The third-order valence-electron chi connectivity index (χ3n) is 3.81. The van der Waals surface area contributed by atoms with E-state index >= 15 is 0 Å². The molecule has 0 aromatic heterocycles. The van der Waals surface area contributed by atoms with Crippen LogP contribution in [0.5, 0.6) is 0 Å². The van der Waals surface area contributed by atoms with Crippen LogP contribution in [-0.2, 0) is 4.79 Å². The molecule has 3 rings (SSSR count). The minimum absolute atomic E-state index is 0.219. The van der Waals surface area contributed by atoms with Gasteiger partial charge in [0.15, 0.2) is 5.11 Å². The predicted molar refractivity (Wildman–Crippen MR) is 109 cm³/mol. The Kier molecular flexibility index (Phi) is 5.42. The van der Waals surface area contributed by atoms with Crippen LogP contribution in [0.15, 0.2) is 64.3 Å². The Morgan fingerprint density at radius 3 is 2.72 bits per heavy atom. The predicted octanol–water partition coefficient (Wildman–Crippen LogP) is 4.53. The summed E-state index contributed by atoms with van der Waals surface area (Å²) in [7, 11) is 0. The SMILES string of the molecule is CC1=C(C(=O)Nc2cccc(Cl)c2)[C@@H](c2ccccc2Br)NC(=S)N1. The minimum atomic E-state index is -0.358. The maximum Gasteiger partial charge on any atom is 0.255 e. The smallest absolute Gasteiger partial charge is 0.255 e. The molecular formula is C18H15BrClN3OS. The third-order valence-corrected chi connectivity index (χ3v) is 4.99. The van der Waals surface area contributed by atoms with Gasteiger partial charge < -0.3 is 16.0 Å². The van der Waals surface area contributed by atoms with Gasteiger partial charge in [-0.1, -0.05) is 51.8 Å². The van der Waals surface area contributed by atoms with E-state index in [0.29, 0.717) is 27.1 Å². The number of hydrogen-bond donors (Lipinski definition) is 3. The number of hydrogen-bond acceptors (Lipinski definition) is 2. The van der Waals surface area contributed by atoms with E-state index in [1.54, 1.807) is 24.3 Å². The van der Waals surface area contributed by atoms with Gasteiger partial charge in [-0.2, -0.15) is 0 Å². The average molecular weight is 437 g/mol. The van der Waals surface area contributed by atoms with Crippen molar-refractivity contribution in [1.29, 1.82) is 0 Å². The van der Waals surface area contributed by atoms with Gasteiger partial charge in [-0.05, 0) is 49.0 Å². The average Bonchev–Trinajstić information content (AvgIpc) is 2.54. The molecule has 0 bridgehead atoms. The maximum atomic E-state index is 12.9. The van der Waals surface area contributed by atoms with Crippen molar-refractivity contribution < 1.29 is 4.79 Å². The van der Waals surface area contributed by atoms with E-state index in [1.165, 1.54) is 0 Å². The van der Waals surface area contributed by atoms with E-state index in [9.17, 15) is 4.79 Å². The molecule has 2 aromatic carbocycles. The fourth-order valence-corrected chi connectivity index (χ4v) is 3.68. The molecular weight excluding hydrogens is 422 g/mol. The number of nitrogens with one attached hydrogen (secondary N) is 3. The molecule has 1 heterocycles. The zero-order valence-corrected chi connectivity index (χ0v) is 16.4. The molecule has 7 heteroatoms. The van der Waals surface area contributed by atoms with E-state index in [0.717, 1.165) is 10.0 Å². The van der Waals surface area contributed by atoms with Crippen LogP contribution in [0, 0.1) is 0 Å². The lowest BCUT2D eigenvalue weighted by molar-refractivity contribution is -0.113. The molecule has 0 spiro atoms. The lowest BCUT2D eigenvalue weighted by Gasteiger charge is -2.31. The topological polar surface area (TPSA) is 53.2 Å². The fourth-order valence-electron chi connectivity index (χ4n) is 2.70. The lowest BCUT2D eigenvalue weighted by atomic mass is 9.95. The second-order valence-electron chi connectivity index (χ2n) is 5.56. The molecule has 0 saturated carbocycles. The molecule has 128 valence electrons. The van der Waals surface area contributed by atoms with Gasteiger partial charge in [0.05, 0.1) is 11.6 Å². The van der Waals surface area contributed by atoms with Gasteiger partial charge in [0.2, 0.25) is 0 Å². The number of amides is 1. The zero-order chi connectivity index (χ0) is 18.0. The van der Waals surface area contributed by atoms with Gasteiger partial charge in [0.1, 0.15) is 0 Å². The van der Waals surface area contributed by atoms with Gasteiger partial charge in [-0.3, -0.25) is 4.79 Å². The summed E-state index contributed by atoms with van der Waals surface area (Å²) in [4.78, 5) is 12.9. The molecule has 1 atom stereocenters. The fraction of sp³-hybridized carbons (Fsp3) is 0.111. The first kappa shape index (κ1) is 17.9. The van der Waals surface area contributed by atoms with Crippen molar-refractivity contribution in [3.05, 3.63) is 74.9 Å². The summed E-state index contributed by atoms with van der Waals surface area (Å²) < 4.78 is 0.901. The first-order valence-electron chi connectivity index (χ1n) is 7.55. The quantitative estimate of drug-likeness (QED) is 0.619. The van der Waals surface area contributed by atoms with Gasteiger partial charge in [-0.25, -0.2) is 0 Å². The van der Waals surface area contributed by atoms with Gasteiger partial charge >= 0.3 is 0 Å². The number of allylic oxidation sites excluding steroid dienone is 1. The maximum absolute atomic E-state index is 12.9. The van der Waals surface area contributed by atoms with Crippen molar-refractivity contribution >= 4 is 56.5 Å². The Labute approximate surface area is 164 Å². The first-order chi connectivity index (χ1) is 12.0. The van der Waals surface area contributed by atoms with Crippen LogP contribution in [0.1, 0.15) is 18.5 Å². The van der Waals surface area contributed by atoms with Crippen molar-refractivity contribution in [2.24, 2.45) is 0 Å². The van der Waals surface area contributed by atoms with Crippen molar-refractivity contribution in [2.75, 3.05) is 5.32 Å². The Bertz CT molecular complexity index is 884. The molecule has 0 fully saturated rings. The summed E-state index contributed by atoms with van der Waals surface area (Å²) in [6, 6.07) is 14.4. The number of rotatable bonds is 3. The Morgan fingerprint density at radius 2 is 2.00 bits per heavy atom. The van der Waals surface area contributed by atoms with E-state index in [1.807, 2.05) is 31.2 Å². The zero-order valence-electron chi connectivity index (χ0n) is 13.3. The Morgan fingerprint density at radius 1 is 1.24 bits per heavy atom. The second kappa shape index (κ2) is 7.56. The molecule has 0 unspecified atom stereocenters. The summed E-state index contributed by atoms with van der Waals surface area (Å²) in [5, 5.41) is 10.1. The van der Waals surface area contributed by atoms with Crippen molar-refractivity contribution in [3.63, 3.8) is 0 Å². The Balaban J connectivity index is 1.97. The van der Waals surface area contributed by atoms with Crippen molar-refractivity contribution in [2.45, 2.75) is 13.0 Å². The number of thiocarbonyl (C=S) groups is 1. The summed E-state index contributed by atoms with van der Waals surface area (Å²) in [5.41, 5.74) is 2.85. The molecule has 0 radical (unpaired) electrons. The van der Waals surface area contributed by atoms with Gasteiger partial charge in [-0.15, -0.1) is 0 Å². The number of anilines is 1. The summed E-state index contributed by atoms with van der Waals surface area (Å²) in [6.07, 6.45) is 0. The largest absolute Gasteiger partial charge is 0.351 e. The number of carbonyl (C=O) groups excluding carboxylic acids is 1. The van der Waals surface area contributed by atoms with Crippen LogP contribution in [0.2, 0.25) is 5.02 Å². The van der Waals surface area contributed by atoms with E-state index < -0.39 is 0 Å². The molecule has 1 aliphatic heterocycles. The van der Waals surface area contributed by atoms with Crippen LogP contribution in [0.4, 0.5) is 5.69 Å². The van der Waals surface area contributed by atoms with Crippen molar-refractivity contribution in [3.8, 4) is 0 Å². The van der Waals surface area contributed by atoms with E-state index in [4.69, 9.17) is 23.8 Å². The van der Waals surface area contributed by atoms with Crippen molar-refractivity contribution in [1.82, 2.24) is 10.6 Å². The standard InChI is InChI=1S/C18H15BrClN3OS/c1-10-15(17(24)22-12-6-4-5-11(20)9-12)16(23-18(25)21-10)13-7-2-3-8-14(13)19/h2-9,16H,1H3,(H,22,24)(H2,21,23,25)/t16-/m1/s1. The molecule has 0 aliphatic carbocycles. The highest BCUT2D eigenvalue weighted by Gasteiger charge is 2.30.